The summed E-state index contributed by atoms with van der Waals surface area (Å²) in [6.45, 7) is 3.13. The normalized spacial score (nSPS) is 16.3. The highest BCUT2D eigenvalue weighted by molar-refractivity contribution is 7.89. The Bertz CT molecular complexity index is 881. The van der Waals surface area contributed by atoms with Crippen molar-refractivity contribution in [2.24, 2.45) is 0 Å². The molecule has 2 aromatic rings. The van der Waals surface area contributed by atoms with E-state index in [1.54, 1.807) is 52.6 Å². The first kappa shape index (κ1) is 18.8. The SMILES string of the molecule is Cc1ccc(/C=C/C(=O)N2CCC(NS(=O)(=O)c3ccccc3)CC2)s1. The first-order chi connectivity index (χ1) is 12.4. The summed E-state index contributed by atoms with van der Waals surface area (Å²) < 4.78 is 27.5. The molecule has 1 saturated heterocycles. The number of likely N-dealkylation sites (tertiary alicyclic amines) is 1. The van der Waals surface area contributed by atoms with Crippen LogP contribution in [-0.4, -0.2) is 38.4 Å². The number of hydrogen-bond acceptors (Lipinski definition) is 4. The Morgan fingerprint density at radius 2 is 1.85 bits per heavy atom. The van der Waals surface area contributed by atoms with Gasteiger partial charge in [-0.1, -0.05) is 18.2 Å². The molecular formula is C19H22N2O3S2. The van der Waals surface area contributed by atoms with Crippen LogP contribution in [0.4, 0.5) is 0 Å². The van der Waals surface area contributed by atoms with Crippen molar-refractivity contribution in [3.63, 3.8) is 0 Å². The number of benzene rings is 1. The number of nitrogens with one attached hydrogen (secondary N) is 1. The maximum absolute atomic E-state index is 12.4. The lowest BCUT2D eigenvalue weighted by molar-refractivity contribution is -0.126. The number of aryl methyl sites for hydroxylation is 1. The van der Waals surface area contributed by atoms with Gasteiger partial charge in [0.25, 0.3) is 0 Å². The average molecular weight is 391 g/mol. The summed E-state index contributed by atoms with van der Waals surface area (Å²) in [4.78, 5) is 16.6. The fraction of sp³-hybridized carbons (Fsp3) is 0.316. The molecule has 0 unspecified atom stereocenters. The van der Waals surface area contributed by atoms with Crippen LogP contribution in [0.1, 0.15) is 22.6 Å². The second kappa shape index (κ2) is 8.16. The van der Waals surface area contributed by atoms with E-state index in [1.165, 1.54) is 4.88 Å². The van der Waals surface area contributed by atoms with Crippen molar-refractivity contribution in [1.82, 2.24) is 9.62 Å². The molecule has 0 atom stereocenters. The van der Waals surface area contributed by atoms with Gasteiger partial charge in [0.15, 0.2) is 0 Å². The highest BCUT2D eigenvalue weighted by Gasteiger charge is 2.25. The molecule has 1 fully saturated rings. The Morgan fingerprint density at radius 3 is 2.46 bits per heavy atom. The third-order valence-corrected chi connectivity index (χ3v) is 6.84. The van der Waals surface area contributed by atoms with Gasteiger partial charge >= 0.3 is 0 Å². The van der Waals surface area contributed by atoms with Gasteiger partial charge in [0.05, 0.1) is 4.90 Å². The molecule has 0 aliphatic carbocycles. The minimum absolute atomic E-state index is 0.0274. The van der Waals surface area contributed by atoms with Crippen LogP contribution >= 0.6 is 11.3 Å². The molecule has 1 amide bonds. The lowest BCUT2D eigenvalue weighted by Gasteiger charge is -2.31. The van der Waals surface area contributed by atoms with Crippen molar-refractivity contribution in [2.45, 2.75) is 30.7 Å². The highest BCUT2D eigenvalue weighted by atomic mass is 32.2. The van der Waals surface area contributed by atoms with Crippen molar-refractivity contribution in [3.05, 3.63) is 58.3 Å². The van der Waals surface area contributed by atoms with Crippen LogP contribution < -0.4 is 4.72 Å². The Hall–Kier alpha value is -1.96. The van der Waals surface area contributed by atoms with Gasteiger partial charge in [0, 0.05) is 35.0 Å². The molecule has 7 heteroatoms. The molecule has 0 radical (unpaired) electrons. The van der Waals surface area contributed by atoms with Gasteiger partial charge in [-0.15, -0.1) is 11.3 Å². The monoisotopic (exact) mass is 390 g/mol. The van der Waals surface area contributed by atoms with E-state index in [1.807, 2.05) is 25.1 Å². The number of carbonyl (C=O) groups excluding carboxylic acids is 1. The minimum Gasteiger partial charge on any atom is -0.339 e. The first-order valence-corrected chi connectivity index (χ1v) is 10.8. The van der Waals surface area contributed by atoms with Crippen LogP contribution in [0, 0.1) is 6.92 Å². The van der Waals surface area contributed by atoms with Crippen LogP contribution in [0.3, 0.4) is 0 Å². The Morgan fingerprint density at radius 1 is 1.15 bits per heavy atom. The zero-order valence-corrected chi connectivity index (χ0v) is 16.2. The van der Waals surface area contributed by atoms with Crippen LogP contribution in [0.15, 0.2) is 53.4 Å². The molecule has 1 aliphatic rings. The number of nitrogens with zero attached hydrogens (tertiary/aromatic N) is 1. The molecule has 1 aliphatic heterocycles. The number of sulfonamides is 1. The summed E-state index contributed by atoms with van der Waals surface area (Å²) in [6, 6.07) is 12.2. The van der Waals surface area contributed by atoms with E-state index in [-0.39, 0.29) is 16.8 Å². The van der Waals surface area contributed by atoms with E-state index in [0.717, 1.165) is 4.88 Å². The van der Waals surface area contributed by atoms with E-state index in [0.29, 0.717) is 25.9 Å². The minimum atomic E-state index is -3.51. The van der Waals surface area contributed by atoms with Crippen LogP contribution in [0.5, 0.6) is 0 Å². The summed E-state index contributed by atoms with van der Waals surface area (Å²) in [5, 5.41) is 0. The van der Waals surface area contributed by atoms with E-state index in [4.69, 9.17) is 0 Å². The quantitative estimate of drug-likeness (QED) is 0.798. The van der Waals surface area contributed by atoms with E-state index in [2.05, 4.69) is 4.72 Å². The third kappa shape index (κ3) is 4.81. The summed E-state index contributed by atoms with van der Waals surface area (Å²) in [6.07, 6.45) is 4.66. The van der Waals surface area contributed by atoms with Crippen molar-refractivity contribution in [3.8, 4) is 0 Å². The van der Waals surface area contributed by atoms with Crippen LogP contribution in [-0.2, 0) is 14.8 Å². The standard InChI is InChI=1S/C19H22N2O3S2/c1-15-7-8-17(25-15)9-10-19(22)21-13-11-16(12-14-21)20-26(23,24)18-5-3-2-4-6-18/h2-10,16,20H,11-14H2,1H3/b10-9+. The average Bonchev–Trinajstić information content (AvgIpc) is 3.06. The fourth-order valence-corrected chi connectivity index (χ4v) is 5.01. The molecule has 1 aromatic carbocycles. The molecule has 1 N–H and O–H groups in total. The summed E-state index contributed by atoms with van der Waals surface area (Å²) in [5.41, 5.74) is 0. The third-order valence-electron chi connectivity index (χ3n) is 4.33. The Labute approximate surface area is 158 Å². The lowest BCUT2D eigenvalue weighted by atomic mass is 10.1. The molecule has 0 spiro atoms. The number of rotatable bonds is 5. The van der Waals surface area contributed by atoms with Crippen molar-refractivity contribution >= 4 is 33.3 Å². The van der Waals surface area contributed by atoms with E-state index in [9.17, 15) is 13.2 Å². The summed E-state index contributed by atoms with van der Waals surface area (Å²) >= 11 is 1.65. The number of amides is 1. The smallest absolute Gasteiger partial charge is 0.246 e. The molecule has 5 nitrogen and oxygen atoms in total. The number of piperidine rings is 1. The number of hydrogen-bond donors (Lipinski definition) is 1. The van der Waals surface area contributed by atoms with E-state index < -0.39 is 10.0 Å². The maximum Gasteiger partial charge on any atom is 0.246 e. The van der Waals surface area contributed by atoms with Gasteiger partial charge in [-0.25, -0.2) is 13.1 Å². The van der Waals surface area contributed by atoms with E-state index >= 15 is 0 Å². The van der Waals surface area contributed by atoms with Crippen molar-refractivity contribution in [2.75, 3.05) is 13.1 Å². The highest BCUT2D eigenvalue weighted by Crippen LogP contribution is 2.18. The van der Waals surface area contributed by atoms with Gasteiger partial charge in [-0.2, -0.15) is 0 Å². The van der Waals surface area contributed by atoms with Crippen LogP contribution in [0.25, 0.3) is 6.08 Å². The van der Waals surface area contributed by atoms with Gasteiger partial charge in [-0.3, -0.25) is 4.79 Å². The number of carbonyl (C=O) groups is 1. The molecule has 1 aromatic heterocycles. The van der Waals surface area contributed by atoms with Gasteiger partial charge in [0.1, 0.15) is 0 Å². The summed E-state index contributed by atoms with van der Waals surface area (Å²) in [5.74, 6) is -0.0274. The molecular weight excluding hydrogens is 368 g/mol. The molecule has 3 rings (SSSR count). The van der Waals surface area contributed by atoms with Crippen molar-refractivity contribution in [1.29, 1.82) is 0 Å². The Balaban J connectivity index is 1.52. The molecule has 0 saturated carbocycles. The summed E-state index contributed by atoms with van der Waals surface area (Å²) in [7, 11) is -3.51. The second-order valence-corrected chi connectivity index (χ2v) is 9.35. The second-order valence-electron chi connectivity index (χ2n) is 6.32. The van der Waals surface area contributed by atoms with Crippen molar-refractivity contribution < 1.29 is 13.2 Å². The maximum atomic E-state index is 12.4. The first-order valence-electron chi connectivity index (χ1n) is 8.55. The van der Waals surface area contributed by atoms with Gasteiger partial charge in [0.2, 0.25) is 15.9 Å². The Kier molecular flexibility index (Phi) is 5.90. The zero-order chi connectivity index (χ0) is 18.6. The molecule has 2 heterocycles. The van der Waals surface area contributed by atoms with Gasteiger partial charge in [-0.05, 0) is 50.1 Å². The predicted molar refractivity (Wildman–Crippen MR) is 104 cm³/mol. The van der Waals surface area contributed by atoms with Crippen LogP contribution in [0.2, 0.25) is 0 Å². The number of thiophene rings is 1. The van der Waals surface area contributed by atoms with Gasteiger partial charge < -0.3 is 4.90 Å². The topological polar surface area (TPSA) is 66.5 Å². The lowest BCUT2D eigenvalue weighted by Crippen LogP contribution is -2.46. The molecule has 26 heavy (non-hydrogen) atoms. The fourth-order valence-electron chi connectivity index (χ4n) is 2.91. The largest absolute Gasteiger partial charge is 0.339 e. The zero-order valence-electron chi connectivity index (χ0n) is 14.6. The molecule has 0 bridgehead atoms. The molecule has 138 valence electrons. The predicted octanol–water partition coefficient (Wildman–Crippen LogP) is 3.04.